The van der Waals surface area contributed by atoms with Crippen molar-refractivity contribution < 1.29 is 13.6 Å². The summed E-state index contributed by atoms with van der Waals surface area (Å²) in [4.78, 5) is 17.2. The molecule has 1 saturated carbocycles. The van der Waals surface area contributed by atoms with Gasteiger partial charge in [-0.25, -0.2) is 8.78 Å². The Balaban J connectivity index is 1.62. The Bertz CT molecular complexity index is 992. The zero-order chi connectivity index (χ0) is 18.3. The minimum atomic E-state index is -0.651. The van der Waals surface area contributed by atoms with Gasteiger partial charge in [-0.05, 0) is 43.5 Å². The molecule has 1 aromatic heterocycles. The lowest BCUT2D eigenvalue weighted by atomic mass is 9.94. The largest absolute Gasteiger partial charge is 0.351 e. The number of halogens is 2. The first-order chi connectivity index (χ1) is 12.5. The van der Waals surface area contributed by atoms with E-state index in [4.69, 9.17) is 0 Å². The van der Waals surface area contributed by atoms with Crippen LogP contribution in [0.15, 0.2) is 48.7 Å². The summed E-state index contributed by atoms with van der Waals surface area (Å²) < 4.78 is 28.3. The molecule has 4 rings (SSSR count). The third kappa shape index (κ3) is 2.73. The number of hydrogen-bond acceptors (Lipinski definition) is 2. The maximum atomic E-state index is 14.1. The van der Waals surface area contributed by atoms with Crippen LogP contribution in [0, 0.1) is 18.6 Å². The van der Waals surface area contributed by atoms with Crippen molar-refractivity contribution in [1.29, 1.82) is 0 Å². The Labute approximate surface area is 150 Å². The van der Waals surface area contributed by atoms with Crippen LogP contribution in [0.2, 0.25) is 0 Å². The molecule has 0 saturated heterocycles. The molecular weight excluding hydrogens is 334 g/mol. The number of carbonyl (C=O) groups excluding carboxylic acids is 1. The van der Waals surface area contributed by atoms with Gasteiger partial charge in [0.1, 0.15) is 11.6 Å². The minimum Gasteiger partial charge on any atom is -0.351 e. The van der Waals surface area contributed by atoms with E-state index in [0.717, 1.165) is 16.5 Å². The van der Waals surface area contributed by atoms with E-state index >= 15 is 0 Å². The minimum absolute atomic E-state index is 0.0802. The summed E-state index contributed by atoms with van der Waals surface area (Å²) in [5.41, 5.74) is 1.49. The molecule has 0 spiro atoms. The third-order valence-electron chi connectivity index (χ3n) is 5.13. The number of hydrogen-bond donors (Lipinski definition) is 1. The van der Waals surface area contributed by atoms with Crippen molar-refractivity contribution in [1.82, 2.24) is 10.3 Å². The summed E-state index contributed by atoms with van der Waals surface area (Å²) >= 11 is 0. The molecule has 0 unspecified atom stereocenters. The molecular formula is C21H18F2N2O. The van der Waals surface area contributed by atoms with Crippen LogP contribution in [0.4, 0.5) is 8.78 Å². The number of aryl methyl sites for hydroxylation is 1. The van der Waals surface area contributed by atoms with Crippen molar-refractivity contribution in [3.8, 4) is 0 Å². The standard InChI is InChI=1S/C21H18F2N2O/c1-13-11-24-17-8-3-2-5-14(17)18(13)20(26)25-12-21(9-10-21)19-15(22)6-4-7-16(19)23/h2-8,11H,9-10,12H2,1H3,(H,25,26). The number of benzene rings is 2. The summed E-state index contributed by atoms with van der Waals surface area (Å²) in [6.07, 6.45) is 2.98. The molecule has 1 N–H and O–H groups in total. The Morgan fingerprint density at radius 2 is 1.81 bits per heavy atom. The Hall–Kier alpha value is -2.82. The summed E-state index contributed by atoms with van der Waals surface area (Å²) in [5, 5.41) is 3.66. The van der Waals surface area contributed by atoms with E-state index in [1.54, 1.807) is 6.20 Å². The van der Waals surface area contributed by atoms with E-state index < -0.39 is 17.0 Å². The lowest BCUT2D eigenvalue weighted by molar-refractivity contribution is 0.0950. The van der Waals surface area contributed by atoms with E-state index in [2.05, 4.69) is 10.3 Å². The van der Waals surface area contributed by atoms with Gasteiger partial charge in [0.25, 0.3) is 5.91 Å². The Morgan fingerprint density at radius 1 is 1.12 bits per heavy atom. The van der Waals surface area contributed by atoms with Crippen molar-refractivity contribution in [2.45, 2.75) is 25.2 Å². The van der Waals surface area contributed by atoms with Crippen LogP contribution < -0.4 is 5.32 Å². The normalized spacial score (nSPS) is 15.0. The fraction of sp³-hybridized carbons (Fsp3) is 0.238. The third-order valence-corrected chi connectivity index (χ3v) is 5.13. The molecule has 1 aliphatic carbocycles. The van der Waals surface area contributed by atoms with Crippen LogP contribution in [0.5, 0.6) is 0 Å². The molecule has 26 heavy (non-hydrogen) atoms. The van der Waals surface area contributed by atoms with Gasteiger partial charge in [-0.3, -0.25) is 9.78 Å². The van der Waals surface area contributed by atoms with E-state index in [1.165, 1.54) is 18.2 Å². The van der Waals surface area contributed by atoms with Gasteiger partial charge >= 0.3 is 0 Å². The van der Waals surface area contributed by atoms with Crippen LogP contribution in [-0.4, -0.2) is 17.4 Å². The smallest absolute Gasteiger partial charge is 0.252 e. The molecule has 0 atom stereocenters. The highest BCUT2D eigenvalue weighted by molar-refractivity contribution is 6.07. The summed E-state index contributed by atoms with van der Waals surface area (Å²) in [5.74, 6) is -1.35. The molecule has 1 aliphatic rings. The lowest BCUT2D eigenvalue weighted by Crippen LogP contribution is -2.33. The van der Waals surface area contributed by atoms with Crippen LogP contribution in [-0.2, 0) is 5.41 Å². The van der Waals surface area contributed by atoms with Crippen molar-refractivity contribution >= 4 is 16.8 Å². The van der Waals surface area contributed by atoms with E-state index in [-0.39, 0.29) is 18.0 Å². The van der Waals surface area contributed by atoms with Crippen LogP contribution in [0.25, 0.3) is 10.9 Å². The Morgan fingerprint density at radius 3 is 2.50 bits per heavy atom. The molecule has 132 valence electrons. The van der Waals surface area contributed by atoms with Crippen LogP contribution in [0.3, 0.4) is 0 Å². The summed E-state index contributed by atoms with van der Waals surface area (Å²) in [6, 6.07) is 11.3. The van der Waals surface area contributed by atoms with E-state index in [1.807, 2.05) is 31.2 Å². The molecule has 5 heteroatoms. The molecule has 1 amide bonds. The monoisotopic (exact) mass is 352 g/mol. The van der Waals surface area contributed by atoms with E-state index in [9.17, 15) is 13.6 Å². The average molecular weight is 352 g/mol. The number of aromatic nitrogens is 1. The second-order valence-electron chi connectivity index (χ2n) is 6.89. The maximum Gasteiger partial charge on any atom is 0.252 e. The van der Waals surface area contributed by atoms with Gasteiger partial charge in [0.05, 0.1) is 11.1 Å². The van der Waals surface area contributed by atoms with Crippen molar-refractivity contribution in [3.63, 3.8) is 0 Å². The SMILES string of the molecule is Cc1cnc2ccccc2c1C(=O)NCC1(c2c(F)cccc2F)CC1. The zero-order valence-electron chi connectivity index (χ0n) is 14.4. The predicted octanol–water partition coefficient (Wildman–Crippen LogP) is 4.28. The first-order valence-corrected chi connectivity index (χ1v) is 8.59. The molecule has 3 aromatic rings. The second-order valence-corrected chi connectivity index (χ2v) is 6.89. The lowest BCUT2D eigenvalue weighted by Gasteiger charge is -2.19. The van der Waals surface area contributed by atoms with Crippen LogP contribution in [0.1, 0.15) is 34.3 Å². The number of amides is 1. The van der Waals surface area contributed by atoms with Crippen molar-refractivity contribution in [2.75, 3.05) is 6.54 Å². The molecule has 0 radical (unpaired) electrons. The molecule has 1 fully saturated rings. The number of para-hydroxylation sites is 1. The first-order valence-electron chi connectivity index (χ1n) is 8.59. The number of fused-ring (bicyclic) bond motifs is 1. The van der Waals surface area contributed by atoms with Gasteiger partial charge in [0.15, 0.2) is 0 Å². The van der Waals surface area contributed by atoms with Gasteiger partial charge in [-0.2, -0.15) is 0 Å². The topological polar surface area (TPSA) is 42.0 Å². The zero-order valence-corrected chi connectivity index (χ0v) is 14.4. The maximum absolute atomic E-state index is 14.1. The fourth-order valence-corrected chi connectivity index (χ4v) is 3.55. The summed E-state index contributed by atoms with van der Waals surface area (Å²) in [6.45, 7) is 2.04. The molecule has 0 bridgehead atoms. The fourth-order valence-electron chi connectivity index (χ4n) is 3.55. The van der Waals surface area contributed by atoms with Gasteiger partial charge in [0.2, 0.25) is 0 Å². The molecule has 3 nitrogen and oxygen atoms in total. The van der Waals surface area contributed by atoms with Crippen molar-refractivity contribution in [3.05, 3.63) is 77.0 Å². The first kappa shape index (κ1) is 16.6. The number of rotatable bonds is 4. The highest BCUT2D eigenvalue weighted by atomic mass is 19.1. The predicted molar refractivity (Wildman–Crippen MR) is 96.1 cm³/mol. The van der Waals surface area contributed by atoms with E-state index in [0.29, 0.717) is 18.4 Å². The number of nitrogens with zero attached hydrogens (tertiary/aromatic N) is 1. The van der Waals surface area contributed by atoms with Crippen LogP contribution >= 0.6 is 0 Å². The van der Waals surface area contributed by atoms with Crippen molar-refractivity contribution in [2.24, 2.45) is 0 Å². The molecule has 1 heterocycles. The average Bonchev–Trinajstić information content (AvgIpc) is 3.40. The second kappa shape index (κ2) is 6.16. The van der Waals surface area contributed by atoms with Gasteiger partial charge < -0.3 is 5.32 Å². The quantitative estimate of drug-likeness (QED) is 0.761. The number of nitrogens with one attached hydrogen (secondary N) is 1. The van der Waals surface area contributed by atoms with Gasteiger partial charge in [-0.15, -0.1) is 0 Å². The molecule has 0 aliphatic heterocycles. The number of carbonyl (C=O) groups is 1. The number of pyridine rings is 1. The highest BCUT2D eigenvalue weighted by Crippen LogP contribution is 2.49. The Kier molecular flexibility index (Phi) is 3.94. The summed E-state index contributed by atoms with van der Waals surface area (Å²) in [7, 11) is 0. The van der Waals surface area contributed by atoms with Gasteiger partial charge in [0, 0.05) is 29.1 Å². The molecule has 2 aromatic carbocycles. The highest BCUT2D eigenvalue weighted by Gasteiger charge is 2.48. The van der Waals surface area contributed by atoms with Gasteiger partial charge in [-0.1, -0.05) is 24.3 Å².